The molecular weight excluding hydrogens is 361 g/mol. The van der Waals surface area contributed by atoms with Crippen molar-refractivity contribution in [2.24, 2.45) is 0 Å². The van der Waals surface area contributed by atoms with Gasteiger partial charge in [-0.15, -0.1) is 0 Å². The highest BCUT2D eigenvalue weighted by Crippen LogP contribution is 2.10. The van der Waals surface area contributed by atoms with Crippen LogP contribution >= 0.6 is 0 Å². The fraction of sp³-hybridized carbons (Fsp3) is 0.286. The summed E-state index contributed by atoms with van der Waals surface area (Å²) in [6.45, 7) is 1.75. The van der Waals surface area contributed by atoms with E-state index in [9.17, 15) is 18.8 Å². The van der Waals surface area contributed by atoms with Gasteiger partial charge in [0.2, 0.25) is 5.91 Å². The highest BCUT2D eigenvalue weighted by atomic mass is 19.1. The molecule has 2 aromatic carbocycles. The van der Waals surface area contributed by atoms with Gasteiger partial charge in [0.25, 0.3) is 11.8 Å². The molecule has 0 atom stereocenters. The average molecular weight is 383 g/mol. The molecule has 28 heavy (non-hydrogen) atoms. The van der Waals surface area contributed by atoms with Crippen LogP contribution in [0.2, 0.25) is 0 Å². The normalized spacial score (nSPS) is 14.3. The van der Waals surface area contributed by atoms with Crippen molar-refractivity contribution in [1.82, 2.24) is 15.1 Å². The molecule has 1 N–H and O–H groups in total. The van der Waals surface area contributed by atoms with E-state index in [-0.39, 0.29) is 30.1 Å². The lowest BCUT2D eigenvalue weighted by Crippen LogP contribution is -2.42. The van der Waals surface area contributed by atoms with Crippen LogP contribution in [0.3, 0.4) is 0 Å². The van der Waals surface area contributed by atoms with Gasteiger partial charge in [0.15, 0.2) is 0 Å². The summed E-state index contributed by atoms with van der Waals surface area (Å²) in [6.07, 6.45) is 0.644. The number of carbonyl (C=O) groups excluding carboxylic acids is 3. The Bertz CT molecular complexity index is 840. The monoisotopic (exact) mass is 383 g/mol. The SMILES string of the molecule is O=C(NCC(=O)N1CCCN(C(=O)c2ccc(F)cc2)CC1)c1ccccc1. The molecule has 1 heterocycles. The number of hydrogen-bond acceptors (Lipinski definition) is 3. The van der Waals surface area contributed by atoms with Crippen molar-refractivity contribution in [3.8, 4) is 0 Å². The smallest absolute Gasteiger partial charge is 0.253 e. The van der Waals surface area contributed by atoms with E-state index in [0.29, 0.717) is 43.7 Å². The molecule has 1 saturated heterocycles. The maximum absolute atomic E-state index is 13.0. The van der Waals surface area contributed by atoms with E-state index in [1.165, 1.54) is 24.3 Å². The predicted octanol–water partition coefficient (Wildman–Crippen LogP) is 1.93. The number of hydrogen-bond donors (Lipinski definition) is 1. The number of rotatable bonds is 4. The topological polar surface area (TPSA) is 69.7 Å². The van der Waals surface area contributed by atoms with Gasteiger partial charge in [0, 0.05) is 37.3 Å². The molecule has 7 heteroatoms. The zero-order valence-corrected chi connectivity index (χ0v) is 15.4. The zero-order valence-electron chi connectivity index (χ0n) is 15.4. The third-order valence-corrected chi connectivity index (χ3v) is 4.66. The maximum atomic E-state index is 13.0. The Labute approximate surface area is 162 Å². The van der Waals surface area contributed by atoms with Crippen LogP contribution < -0.4 is 5.32 Å². The molecule has 0 saturated carbocycles. The van der Waals surface area contributed by atoms with Gasteiger partial charge in [-0.25, -0.2) is 4.39 Å². The van der Waals surface area contributed by atoms with E-state index in [1.54, 1.807) is 34.1 Å². The summed E-state index contributed by atoms with van der Waals surface area (Å²) in [5, 5.41) is 2.64. The molecule has 3 amide bonds. The molecule has 0 bridgehead atoms. The Balaban J connectivity index is 1.51. The largest absolute Gasteiger partial charge is 0.343 e. The molecule has 0 spiro atoms. The summed E-state index contributed by atoms with van der Waals surface area (Å²) in [7, 11) is 0. The van der Waals surface area contributed by atoms with Gasteiger partial charge in [-0.2, -0.15) is 0 Å². The first-order valence-electron chi connectivity index (χ1n) is 9.20. The number of amides is 3. The number of nitrogens with zero attached hydrogens (tertiary/aromatic N) is 2. The Hall–Kier alpha value is -3.22. The first-order chi connectivity index (χ1) is 13.5. The van der Waals surface area contributed by atoms with E-state index >= 15 is 0 Å². The van der Waals surface area contributed by atoms with E-state index < -0.39 is 0 Å². The van der Waals surface area contributed by atoms with Gasteiger partial charge in [0.05, 0.1) is 6.54 Å². The minimum absolute atomic E-state index is 0.0837. The fourth-order valence-corrected chi connectivity index (χ4v) is 3.10. The van der Waals surface area contributed by atoms with E-state index in [0.717, 1.165) is 0 Å². The zero-order chi connectivity index (χ0) is 19.9. The predicted molar refractivity (Wildman–Crippen MR) is 102 cm³/mol. The fourth-order valence-electron chi connectivity index (χ4n) is 3.10. The summed E-state index contributed by atoms with van der Waals surface area (Å²) in [5.74, 6) is -1.04. The quantitative estimate of drug-likeness (QED) is 0.877. The summed E-state index contributed by atoms with van der Waals surface area (Å²) in [4.78, 5) is 40.4. The van der Waals surface area contributed by atoms with Crippen molar-refractivity contribution < 1.29 is 18.8 Å². The molecular formula is C21H22FN3O3. The molecule has 3 rings (SSSR count). The van der Waals surface area contributed by atoms with Crippen LogP contribution in [0.25, 0.3) is 0 Å². The van der Waals surface area contributed by atoms with Crippen LogP contribution in [-0.4, -0.2) is 60.2 Å². The van der Waals surface area contributed by atoms with Gasteiger partial charge in [-0.3, -0.25) is 14.4 Å². The summed E-state index contributed by atoms with van der Waals surface area (Å²) in [6, 6.07) is 14.2. The van der Waals surface area contributed by atoms with Gasteiger partial charge in [-0.05, 0) is 42.8 Å². The highest BCUT2D eigenvalue weighted by Gasteiger charge is 2.23. The minimum Gasteiger partial charge on any atom is -0.343 e. The Morgan fingerprint density at radius 1 is 0.821 bits per heavy atom. The van der Waals surface area contributed by atoms with Crippen molar-refractivity contribution in [2.45, 2.75) is 6.42 Å². The summed E-state index contributed by atoms with van der Waals surface area (Å²) in [5.41, 5.74) is 0.929. The Morgan fingerprint density at radius 2 is 1.46 bits per heavy atom. The molecule has 0 aromatic heterocycles. The molecule has 146 valence electrons. The van der Waals surface area contributed by atoms with Crippen molar-refractivity contribution >= 4 is 17.7 Å². The lowest BCUT2D eigenvalue weighted by molar-refractivity contribution is -0.129. The Kier molecular flexibility index (Phi) is 6.37. The lowest BCUT2D eigenvalue weighted by atomic mass is 10.2. The number of halogens is 1. The first kappa shape index (κ1) is 19.5. The second-order valence-electron chi connectivity index (χ2n) is 6.58. The van der Waals surface area contributed by atoms with Crippen LogP contribution in [0.4, 0.5) is 4.39 Å². The van der Waals surface area contributed by atoms with Crippen LogP contribution in [0.1, 0.15) is 27.1 Å². The average Bonchev–Trinajstić information content (AvgIpc) is 2.99. The molecule has 0 unspecified atom stereocenters. The number of benzene rings is 2. The number of carbonyl (C=O) groups is 3. The molecule has 2 aromatic rings. The molecule has 0 radical (unpaired) electrons. The summed E-state index contributed by atoms with van der Waals surface area (Å²) >= 11 is 0. The third kappa shape index (κ3) is 4.94. The number of nitrogens with one attached hydrogen (secondary N) is 1. The van der Waals surface area contributed by atoms with E-state index in [4.69, 9.17) is 0 Å². The van der Waals surface area contributed by atoms with Crippen LogP contribution in [-0.2, 0) is 4.79 Å². The van der Waals surface area contributed by atoms with Crippen LogP contribution in [0.5, 0.6) is 0 Å². The van der Waals surface area contributed by atoms with Crippen molar-refractivity contribution in [2.75, 3.05) is 32.7 Å². The van der Waals surface area contributed by atoms with Gasteiger partial charge < -0.3 is 15.1 Å². The molecule has 1 aliphatic rings. The molecule has 1 fully saturated rings. The second kappa shape index (κ2) is 9.12. The highest BCUT2D eigenvalue weighted by molar-refractivity contribution is 5.96. The maximum Gasteiger partial charge on any atom is 0.253 e. The minimum atomic E-state index is -0.387. The van der Waals surface area contributed by atoms with Crippen LogP contribution in [0, 0.1) is 5.82 Å². The Morgan fingerprint density at radius 3 is 2.18 bits per heavy atom. The van der Waals surface area contributed by atoms with E-state index in [1.807, 2.05) is 6.07 Å². The molecule has 1 aliphatic heterocycles. The van der Waals surface area contributed by atoms with Crippen molar-refractivity contribution in [3.63, 3.8) is 0 Å². The third-order valence-electron chi connectivity index (χ3n) is 4.66. The van der Waals surface area contributed by atoms with Gasteiger partial charge in [-0.1, -0.05) is 18.2 Å². The van der Waals surface area contributed by atoms with Crippen LogP contribution in [0.15, 0.2) is 54.6 Å². The molecule has 6 nitrogen and oxygen atoms in total. The van der Waals surface area contributed by atoms with Crippen molar-refractivity contribution in [3.05, 3.63) is 71.5 Å². The second-order valence-corrected chi connectivity index (χ2v) is 6.58. The molecule has 0 aliphatic carbocycles. The van der Waals surface area contributed by atoms with Crippen molar-refractivity contribution in [1.29, 1.82) is 0 Å². The van der Waals surface area contributed by atoms with Gasteiger partial charge >= 0.3 is 0 Å². The van der Waals surface area contributed by atoms with Gasteiger partial charge in [0.1, 0.15) is 5.82 Å². The van der Waals surface area contributed by atoms with E-state index in [2.05, 4.69) is 5.32 Å². The summed E-state index contributed by atoms with van der Waals surface area (Å²) < 4.78 is 13.0. The first-order valence-corrected chi connectivity index (χ1v) is 9.20. The lowest BCUT2D eigenvalue weighted by Gasteiger charge is -2.22. The standard InChI is InChI=1S/C21H22FN3O3/c22-18-9-7-17(8-10-18)21(28)25-12-4-11-24(13-14-25)19(26)15-23-20(27)16-5-2-1-3-6-16/h1-3,5-10H,4,11-15H2,(H,23,27).